The van der Waals surface area contributed by atoms with Gasteiger partial charge in [-0.2, -0.15) is 0 Å². The molecule has 0 aromatic heterocycles. The summed E-state index contributed by atoms with van der Waals surface area (Å²) in [5, 5.41) is 2.48. The number of amides is 1. The van der Waals surface area contributed by atoms with Crippen LogP contribution in [0.4, 0.5) is 0 Å². The van der Waals surface area contributed by atoms with Crippen LogP contribution in [-0.2, 0) is 9.53 Å². The Morgan fingerprint density at radius 3 is 2.22 bits per heavy atom. The highest BCUT2D eigenvalue weighted by Gasteiger charge is 2.16. The summed E-state index contributed by atoms with van der Waals surface area (Å²) in [5.41, 5.74) is 5.12. The first-order chi connectivity index (χ1) is 12.7. The predicted octanol–water partition coefficient (Wildman–Crippen LogP) is 3.84. The lowest BCUT2D eigenvalue weighted by atomic mass is 9.93. The molecule has 0 aliphatic heterocycles. The Morgan fingerprint density at radius 1 is 0.963 bits per heavy atom. The minimum Gasteiger partial charge on any atom is -0.456 e. The lowest BCUT2D eigenvalue weighted by Crippen LogP contribution is -2.31. The zero-order chi connectivity index (χ0) is 20.1. The Bertz CT molecular complexity index is 888. The minimum atomic E-state index is -0.660. The maximum Gasteiger partial charge on any atom is 0.325 e. The van der Waals surface area contributed by atoms with Crippen LogP contribution < -0.4 is 5.32 Å². The quantitative estimate of drug-likeness (QED) is 0.556. The van der Waals surface area contributed by atoms with E-state index in [1.165, 1.54) is 0 Å². The highest BCUT2D eigenvalue weighted by Crippen LogP contribution is 2.21. The summed E-state index contributed by atoms with van der Waals surface area (Å²) < 4.78 is 5.87. The molecule has 1 amide bonds. The molecule has 6 heteroatoms. The number of carbonyl (C=O) groups excluding carboxylic acids is 3. The Labute approximate surface area is 167 Å². The molecule has 0 bridgehead atoms. The van der Waals surface area contributed by atoms with Crippen molar-refractivity contribution < 1.29 is 19.1 Å². The molecule has 0 unspecified atom stereocenters. The van der Waals surface area contributed by atoms with Gasteiger partial charge in [-0.05, 0) is 80.3 Å². The monoisotopic (exact) mass is 431 g/mol. The number of Topliss-reactive ketones (excluding diaryl/α,β-unsaturated/α-hetero) is 1. The molecule has 2 rings (SSSR count). The average Bonchev–Trinajstić information content (AvgIpc) is 2.65. The van der Waals surface area contributed by atoms with Gasteiger partial charge in [0.15, 0.2) is 6.61 Å². The van der Waals surface area contributed by atoms with Crippen molar-refractivity contribution in [3.63, 3.8) is 0 Å². The maximum absolute atomic E-state index is 12.4. The summed E-state index contributed by atoms with van der Waals surface area (Å²) in [7, 11) is 0. The van der Waals surface area contributed by atoms with Crippen LogP contribution in [-0.4, -0.2) is 30.8 Å². The van der Waals surface area contributed by atoms with E-state index in [0.717, 1.165) is 26.7 Å². The molecule has 2 aromatic rings. The Kier molecular flexibility index (Phi) is 6.91. The highest BCUT2D eigenvalue weighted by atomic mass is 79.9. The van der Waals surface area contributed by atoms with E-state index >= 15 is 0 Å². The van der Waals surface area contributed by atoms with Crippen molar-refractivity contribution in [2.45, 2.75) is 27.7 Å². The van der Waals surface area contributed by atoms with E-state index in [9.17, 15) is 14.4 Å². The van der Waals surface area contributed by atoms with Crippen LogP contribution in [0, 0.1) is 27.7 Å². The number of aryl methyl sites for hydroxylation is 1. The van der Waals surface area contributed by atoms with Crippen LogP contribution in [0.2, 0.25) is 0 Å². The van der Waals surface area contributed by atoms with E-state index < -0.39 is 5.97 Å². The molecule has 0 radical (unpaired) electrons. The van der Waals surface area contributed by atoms with E-state index in [4.69, 9.17) is 4.74 Å². The molecule has 1 N–H and O–H groups in total. The number of rotatable bonds is 6. The SMILES string of the molecule is Cc1cc(C(=O)COC(=O)CNC(=O)c2ccc(Br)cc2)c(C)c(C)c1C. The number of esters is 1. The van der Waals surface area contributed by atoms with Gasteiger partial charge in [0, 0.05) is 15.6 Å². The van der Waals surface area contributed by atoms with Crippen LogP contribution in [0.1, 0.15) is 43.0 Å². The van der Waals surface area contributed by atoms with Crippen molar-refractivity contribution in [1.29, 1.82) is 0 Å². The number of hydrogen-bond acceptors (Lipinski definition) is 4. The number of halogens is 1. The number of benzene rings is 2. The summed E-state index contributed by atoms with van der Waals surface area (Å²) in [6, 6.07) is 8.57. The van der Waals surface area contributed by atoms with Crippen LogP contribution in [0.15, 0.2) is 34.8 Å². The van der Waals surface area contributed by atoms with Crippen LogP contribution in [0.25, 0.3) is 0 Å². The smallest absolute Gasteiger partial charge is 0.325 e. The van der Waals surface area contributed by atoms with Gasteiger partial charge in [-0.15, -0.1) is 0 Å². The van der Waals surface area contributed by atoms with Crippen LogP contribution in [0.3, 0.4) is 0 Å². The first-order valence-electron chi connectivity index (χ1n) is 8.50. The number of hydrogen-bond donors (Lipinski definition) is 1. The highest BCUT2D eigenvalue weighted by molar-refractivity contribution is 9.10. The average molecular weight is 432 g/mol. The molecular weight excluding hydrogens is 410 g/mol. The molecular formula is C21H22BrNO4. The predicted molar refractivity (Wildman–Crippen MR) is 107 cm³/mol. The molecule has 0 fully saturated rings. The van der Waals surface area contributed by atoms with Crippen molar-refractivity contribution in [2.75, 3.05) is 13.2 Å². The van der Waals surface area contributed by atoms with E-state index in [0.29, 0.717) is 11.1 Å². The van der Waals surface area contributed by atoms with E-state index in [2.05, 4.69) is 21.2 Å². The number of ketones is 1. The molecule has 0 heterocycles. The zero-order valence-electron chi connectivity index (χ0n) is 15.8. The minimum absolute atomic E-state index is 0.258. The Balaban J connectivity index is 1.89. The molecule has 0 spiro atoms. The first-order valence-corrected chi connectivity index (χ1v) is 9.30. The van der Waals surface area contributed by atoms with E-state index in [1.807, 2.05) is 33.8 Å². The van der Waals surface area contributed by atoms with Crippen molar-refractivity contribution >= 4 is 33.6 Å². The lowest BCUT2D eigenvalue weighted by Gasteiger charge is -2.13. The van der Waals surface area contributed by atoms with Crippen LogP contribution in [0.5, 0.6) is 0 Å². The van der Waals surface area contributed by atoms with Crippen molar-refractivity contribution in [2.24, 2.45) is 0 Å². The molecule has 0 aliphatic rings. The Hall–Kier alpha value is -2.47. The third-order valence-electron chi connectivity index (χ3n) is 4.65. The topological polar surface area (TPSA) is 72.5 Å². The summed E-state index contributed by atoms with van der Waals surface area (Å²) >= 11 is 3.29. The fourth-order valence-electron chi connectivity index (χ4n) is 2.63. The molecule has 27 heavy (non-hydrogen) atoms. The fraction of sp³-hybridized carbons (Fsp3) is 0.286. The van der Waals surface area contributed by atoms with Crippen molar-refractivity contribution in [3.8, 4) is 0 Å². The third-order valence-corrected chi connectivity index (χ3v) is 5.17. The largest absolute Gasteiger partial charge is 0.456 e. The zero-order valence-corrected chi connectivity index (χ0v) is 17.4. The van der Waals surface area contributed by atoms with Gasteiger partial charge in [-0.3, -0.25) is 14.4 Å². The standard InChI is InChI=1S/C21H22BrNO4/c1-12-9-18(15(4)14(3)13(12)2)19(24)11-27-20(25)10-23-21(26)16-5-7-17(22)8-6-16/h5-9H,10-11H2,1-4H3,(H,23,26). The second-order valence-electron chi connectivity index (χ2n) is 6.39. The van der Waals surface area contributed by atoms with Gasteiger partial charge in [0.25, 0.3) is 5.91 Å². The van der Waals surface area contributed by atoms with Gasteiger partial charge >= 0.3 is 5.97 Å². The van der Waals surface area contributed by atoms with Gasteiger partial charge in [-0.1, -0.05) is 15.9 Å². The Morgan fingerprint density at radius 2 is 1.59 bits per heavy atom. The second kappa shape index (κ2) is 8.95. The molecule has 142 valence electrons. The normalized spacial score (nSPS) is 10.4. The van der Waals surface area contributed by atoms with E-state index in [1.54, 1.807) is 24.3 Å². The van der Waals surface area contributed by atoms with Crippen molar-refractivity contribution in [3.05, 3.63) is 68.2 Å². The lowest BCUT2D eigenvalue weighted by molar-refractivity contribution is -0.141. The summed E-state index contributed by atoms with van der Waals surface area (Å²) in [5.74, 6) is -1.30. The van der Waals surface area contributed by atoms with Crippen LogP contribution >= 0.6 is 15.9 Å². The fourth-order valence-corrected chi connectivity index (χ4v) is 2.90. The first kappa shape index (κ1) is 20.8. The van der Waals surface area contributed by atoms with Gasteiger partial charge in [0.05, 0.1) is 0 Å². The van der Waals surface area contributed by atoms with Crippen molar-refractivity contribution in [1.82, 2.24) is 5.32 Å². The summed E-state index contributed by atoms with van der Waals surface area (Å²) in [6.07, 6.45) is 0. The van der Waals surface area contributed by atoms with Gasteiger partial charge in [0.2, 0.25) is 5.78 Å². The molecule has 0 saturated carbocycles. The second-order valence-corrected chi connectivity index (χ2v) is 7.31. The molecule has 0 aliphatic carbocycles. The maximum atomic E-state index is 12.4. The third kappa shape index (κ3) is 5.26. The van der Waals surface area contributed by atoms with Gasteiger partial charge < -0.3 is 10.1 Å². The number of nitrogens with one attached hydrogen (secondary N) is 1. The molecule has 0 saturated heterocycles. The number of carbonyl (C=O) groups is 3. The summed E-state index contributed by atoms with van der Waals surface area (Å²) in [6.45, 7) is 7.17. The molecule has 5 nitrogen and oxygen atoms in total. The number of ether oxygens (including phenoxy) is 1. The molecule has 0 atom stereocenters. The van der Waals surface area contributed by atoms with Gasteiger partial charge in [-0.25, -0.2) is 0 Å². The summed E-state index contributed by atoms with van der Waals surface area (Å²) in [4.78, 5) is 36.2. The molecule has 2 aromatic carbocycles. The van der Waals surface area contributed by atoms with E-state index in [-0.39, 0.29) is 24.8 Å². The van der Waals surface area contributed by atoms with Gasteiger partial charge in [0.1, 0.15) is 6.54 Å².